The van der Waals surface area contributed by atoms with Gasteiger partial charge in [-0.1, -0.05) is 0 Å². The van der Waals surface area contributed by atoms with Gasteiger partial charge >= 0.3 is 0 Å². The molecule has 2 heterocycles. The van der Waals surface area contributed by atoms with E-state index < -0.39 is 10.0 Å². The molecule has 8 heteroatoms. The second-order valence-electron chi connectivity index (χ2n) is 3.67. The monoisotopic (exact) mass is 260 g/mol. The minimum Gasteiger partial charge on any atom is -0.308 e. The minimum atomic E-state index is -3.50. The average Bonchev–Trinajstić information content (AvgIpc) is 2.44. The van der Waals surface area contributed by atoms with Crippen LogP contribution < -0.4 is 10.0 Å². The Bertz CT molecular complexity index is 544. The zero-order valence-electron chi connectivity index (χ0n) is 9.10. The molecule has 1 aromatic heterocycles. The molecule has 2 N–H and O–H groups in total. The Labute approximate surface area is 97.9 Å². The molecule has 0 saturated carbocycles. The van der Waals surface area contributed by atoms with Crippen molar-refractivity contribution >= 4 is 33.1 Å². The van der Waals surface area contributed by atoms with E-state index in [1.165, 1.54) is 0 Å². The number of aromatic nitrogens is 1. The zero-order chi connectivity index (χ0) is 11.9. The maximum Gasteiger partial charge on any atom is 0.277 e. The van der Waals surface area contributed by atoms with E-state index >= 15 is 0 Å². The molecule has 0 radical (unpaired) electrons. The molecule has 16 heavy (non-hydrogen) atoms. The normalized spacial score (nSPS) is 20.4. The van der Waals surface area contributed by atoms with Crippen LogP contribution in [-0.2, 0) is 10.0 Å². The molecule has 0 bridgehead atoms. The molecular weight excluding hydrogens is 248 g/mol. The number of hydrogen-bond donors (Lipinski definition) is 2. The van der Waals surface area contributed by atoms with E-state index in [4.69, 9.17) is 0 Å². The Balaban J connectivity index is 2.49. The van der Waals surface area contributed by atoms with Gasteiger partial charge in [-0.05, 0) is 20.8 Å². The molecule has 0 amide bonds. The third-order valence-electron chi connectivity index (χ3n) is 1.80. The standard InChI is InChI=1S/C8H12N4O2S2/c1-4(2)9-8-11-6-7(15-5(3)10-6)16(13,14)12-8/h4H,1-3H3,(H2,9,11,12). The van der Waals surface area contributed by atoms with Gasteiger partial charge in [0.25, 0.3) is 10.0 Å². The van der Waals surface area contributed by atoms with Gasteiger partial charge in [-0.3, -0.25) is 0 Å². The van der Waals surface area contributed by atoms with Gasteiger partial charge in [0, 0.05) is 6.04 Å². The van der Waals surface area contributed by atoms with Crippen molar-refractivity contribution in [2.45, 2.75) is 31.0 Å². The van der Waals surface area contributed by atoms with Crippen LogP contribution in [0, 0.1) is 6.92 Å². The van der Waals surface area contributed by atoms with Crippen LogP contribution in [-0.4, -0.2) is 25.4 Å². The Kier molecular flexibility index (Phi) is 2.62. The molecule has 88 valence electrons. The van der Waals surface area contributed by atoms with Crippen LogP contribution in [0.4, 0.5) is 5.82 Å². The number of guanidine groups is 1. The maximum atomic E-state index is 11.8. The molecule has 1 aromatic rings. The van der Waals surface area contributed by atoms with Crippen molar-refractivity contribution in [1.29, 1.82) is 0 Å². The van der Waals surface area contributed by atoms with Crippen LogP contribution in [0.2, 0.25) is 0 Å². The van der Waals surface area contributed by atoms with Crippen LogP contribution in [0.3, 0.4) is 0 Å². The third kappa shape index (κ3) is 2.03. The van der Waals surface area contributed by atoms with Gasteiger partial charge in [-0.15, -0.1) is 11.3 Å². The van der Waals surface area contributed by atoms with Crippen LogP contribution in [0.25, 0.3) is 0 Å². The first-order chi connectivity index (χ1) is 7.38. The third-order valence-corrected chi connectivity index (χ3v) is 4.62. The summed E-state index contributed by atoms with van der Waals surface area (Å²) in [6.07, 6.45) is 0. The summed E-state index contributed by atoms with van der Waals surface area (Å²) in [5.74, 6) is 0.591. The molecule has 0 atom stereocenters. The number of sulfonamides is 1. The Morgan fingerprint density at radius 2 is 2.12 bits per heavy atom. The van der Waals surface area contributed by atoms with Crippen molar-refractivity contribution in [2.75, 3.05) is 5.32 Å². The molecule has 0 aliphatic carbocycles. The Hall–Kier alpha value is -1.15. The van der Waals surface area contributed by atoms with Crippen LogP contribution in [0.15, 0.2) is 9.20 Å². The largest absolute Gasteiger partial charge is 0.308 e. The number of aryl methyl sites for hydroxylation is 1. The number of fused-ring (bicyclic) bond motifs is 1. The molecule has 6 nitrogen and oxygen atoms in total. The second-order valence-corrected chi connectivity index (χ2v) is 6.75. The van der Waals surface area contributed by atoms with Crippen molar-refractivity contribution in [3.05, 3.63) is 5.01 Å². The summed E-state index contributed by atoms with van der Waals surface area (Å²) in [5.41, 5.74) is 0. The molecular formula is C8H12N4O2S2. The van der Waals surface area contributed by atoms with Gasteiger partial charge in [-0.2, -0.15) is 0 Å². The van der Waals surface area contributed by atoms with Crippen molar-refractivity contribution in [2.24, 2.45) is 4.99 Å². The quantitative estimate of drug-likeness (QED) is 0.786. The van der Waals surface area contributed by atoms with E-state index in [-0.39, 0.29) is 16.2 Å². The van der Waals surface area contributed by atoms with Gasteiger partial charge in [0.1, 0.15) is 0 Å². The minimum absolute atomic E-state index is 0.00600. The first-order valence-electron chi connectivity index (χ1n) is 4.73. The summed E-state index contributed by atoms with van der Waals surface area (Å²) in [6.45, 7) is 5.50. The smallest absolute Gasteiger partial charge is 0.277 e. The van der Waals surface area contributed by atoms with Crippen molar-refractivity contribution in [1.82, 2.24) is 9.71 Å². The molecule has 0 aromatic carbocycles. The molecule has 0 saturated heterocycles. The number of nitrogens with zero attached hydrogens (tertiary/aromatic N) is 2. The number of thiazole rings is 1. The molecule has 0 fully saturated rings. The highest BCUT2D eigenvalue weighted by atomic mass is 32.2. The van der Waals surface area contributed by atoms with E-state index in [2.05, 4.69) is 20.0 Å². The number of anilines is 1. The number of aliphatic imine (C=N–C) groups is 1. The fourth-order valence-corrected chi connectivity index (χ4v) is 3.62. The van der Waals surface area contributed by atoms with E-state index in [1.807, 2.05) is 13.8 Å². The highest BCUT2D eigenvalue weighted by molar-refractivity contribution is 7.92. The second kappa shape index (κ2) is 3.70. The average molecular weight is 260 g/mol. The van der Waals surface area contributed by atoms with Crippen LogP contribution >= 0.6 is 11.3 Å². The van der Waals surface area contributed by atoms with E-state index in [0.29, 0.717) is 10.8 Å². The summed E-state index contributed by atoms with van der Waals surface area (Å²) in [5, 5.41) is 3.57. The summed E-state index contributed by atoms with van der Waals surface area (Å²) >= 11 is 1.14. The van der Waals surface area contributed by atoms with Crippen molar-refractivity contribution < 1.29 is 8.42 Å². The summed E-state index contributed by atoms with van der Waals surface area (Å²) < 4.78 is 26.2. The van der Waals surface area contributed by atoms with Gasteiger partial charge in [0.05, 0.1) is 5.01 Å². The van der Waals surface area contributed by atoms with Gasteiger partial charge in [0.2, 0.25) is 5.96 Å². The van der Waals surface area contributed by atoms with Crippen molar-refractivity contribution in [3.63, 3.8) is 0 Å². The van der Waals surface area contributed by atoms with E-state index in [9.17, 15) is 8.42 Å². The fourth-order valence-electron chi connectivity index (χ4n) is 1.30. The lowest BCUT2D eigenvalue weighted by atomic mass is 10.4. The van der Waals surface area contributed by atoms with E-state index in [1.54, 1.807) is 6.92 Å². The predicted molar refractivity (Wildman–Crippen MR) is 63.4 cm³/mol. The first kappa shape index (κ1) is 11.3. The maximum absolute atomic E-state index is 11.8. The lowest BCUT2D eigenvalue weighted by molar-refractivity contribution is 0.593. The lowest BCUT2D eigenvalue weighted by Gasteiger charge is -2.17. The van der Waals surface area contributed by atoms with Crippen LogP contribution in [0.5, 0.6) is 0 Å². The fraction of sp³-hybridized carbons (Fsp3) is 0.500. The summed E-state index contributed by atoms with van der Waals surface area (Å²) in [4.78, 5) is 8.23. The predicted octanol–water partition coefficient (Wildman–Crippen LogP) is 0.920. The summed E-state index contributed by atoms with van der Waals surface area (Å²) in [6, 6.07) is 0.00600. The van der Waals surface area contributed by atoms with Gasteiger partial charge in [-0.25, -0.2) is 23.1 Å². The van der Waals surface area contributed by atoms with Crippen LogP contribution in [0.1, 0.15) is 18.9 Å². The first-order valence-corrected chi connectivity index (χ1v) is 7.03. The van der Waals surface area contributed by atoms with Gasteiger partial charge in [0.15, 0.2) is 10.0 Å². The zero-order valence-corrected chi connectivity index (χ0v) is 10.7. The van der Waals surface area contributed by atoms with E-state index in [0.717, 1.165) is 11.3 Å². The number of nitrogens with one attached hydrogen (secondary N) is 2. The Morgan fingerprint density at radius 1 is 1.44 bits per heavy atom. The summed E-state index contributed by atoms with van der Waals surface area (Å²) in [7, 11) is -3.50. The highest BCUT2D eigenvalue weighted by Crippen LogP contribution is 2.29. The molecule has 1 aliphatic rings. The topological polar surface area (TPSA) is 83.5 Å². The Morgan fingerprint density at radius 3 is 2.75 bits per heavy atom. The number of rotatable bonds is 1. The number of hydrogen-bond acceptors (Lipinski definition) is 5. The highest BCUT2D eigenvalue weighted by Gasteiger charge is 2.30. The lowest BCUT2D eigenvalue weighted by Crippen LogP contribution is -2.40. The van der Waals surface area contributed by atoms with Crippen molar-refractivity contribution in [3.8, 4) is 0 Å². The molecule has 0 unspecified atom stereocenters. The SMILES string of the molecule is Cc1nc2c(s1)S(=O)(=O)NC(=NC(C)C)N2. The molecule has 1 aliphatic heterocycles. The van der Waals surface area contributed by atoms with Gasteiger partial charge < -0.3 is 5.32 Å². The molecule has 0 spiro atoms. The molecule has 2 rings (SSSR count).